The normalized spacial score (nSPS) is 20.9. The molecule has 1 aromatic carbocycles. The van der Waals surface area contributed by atoms with Crippen LogP contribution in [0.2, 0.25) is 0 Å². The third-order valence-corrected chi connectivity index (χ3v) is 5.81. The van der Waals surface area contributed by atoms with E-state index in [4.69, 9.17) is 0 Å². The predicted octanol–water partition coefficient (Wildman–Crippen LogP) is 1.86. The lowest BCUT2D eigenvalue weighted by atomic mass is 9.82. The van der Waals surface area contributed by atoms with Crippen molar-refractivity contribution in [1.29, 1.82) is 0 Å². The molecule has 2 aromatic heterocycles. The van der Waals surface area contributed by atoms with E-state index in [-0.39, 0.29) is 17.5 Å². The van der Waals surface area contributed by atoms with Gasteiger partial charge in [-0.3, -0.25) is 9.78 Å². The zero-order valence-electron chi connectivity index (χ0n) is 15.9. The van der Waals surface area contributed by atoms with Crippen molar-refractivity contribution in [1.82, 2.24) is 29.9 Å². The maximum atomic E-state index is 14.7. The summed E-state index contributed by atoms with van der Waals surface area (Å²) in [6.07, 6.45) is 7.25. The average molecular weight is 393 g/mol. The number of nitrogens with zero attached hydrogens (tertiary/aromatic N) is 7. The van der Waals surface area contributed by atoms with Crippen LogP contribution >= 0.6 is 0 Å². The largest absolute Gasteiger partial charge is 0.350 e. The summed E-state index contributed by atoms with van der Waals surface area (Å²) >= 11 is 0. The molecule has 0 spiro atoms. The Balaban J connectivity index is 1.42. The number of hydrogen-bond donors (Lipinski definition) is 0. The molecular weight excluding hydrogens is 373 g/mol. The summed E-state index contributed by atoms with van der Waals surface area (Å²) in [4.78, 5) is 27.3. The standard InChI is InChI=1S/C20H20FN7O/c1-13-19(23-7-6-22-13)27-11-14-5-10-26(12-17(14)27)20(29)18-15(21)3-2-4-16(18)28-24-8-9-25-28/h2-4,6-9,14,17H,5,10-12H2,1H3/t14-,17-/m0/s1. The highest BCUT2D eigenvalue weighted by molar-refractivity contribution is 5.98. The van der Waals surface area contributed by atoms with Crippen LogP contribution in [0.1, 0.15) is 22.5 Å². The molecule has 0 radical (unpaired) electrons. The number of carbonyl (C=O) groups is 1. The second-order valence-corrected chi connectivity index (χ2v) is 7.44. The van der Waals surface area contributed by atoms with Gasteiger partial charge in [-0.15, -0.1) is 0 Å². The van der Waals surface area contributed by atoms with Gasteiger partial charge in [0.15, 0.2) is 0 Å². The molecule has 0 bridgehead atoms. The van der Waals surface area contributed by atoms with E-state index in [1.54, 1.807) is 29.4 Å². The van der Waals surface area contributed by atoms with Gasteiger partial charge in [-0.05, 0) is 25.5 Å². The van der Waals surface area contributed by atoms with E-state index >= 15 is 0 Å². The quantitative estimate of drug-likeness (QED) is 0.676. The topological polar surface area (TPSA) is 80.0 Å². The fourth-order valence-electron chi connectivity index (χ4n) is 4.30. The van der Waals surface area contributed by atoms with Gasteiger partial charge in [0.2, 0.25) is 0 Å². The van der Waals surface area contributed by atoms with Crippen LogP contribution in [0.4, 0.5) is 10.2 Å². The van der Waals surface area contributed by atoms with Crippen molar-refractivity contribution in [2.45, 2.75) is 19.4 Å². The zero-order chi connectivity index (χ0) is 20.0. The number of halogens is 1. The first-order valence-electron chi connectivity index (χ1n) is 9.62. The van der Waals surface area contributed by atoms with Gasteiger partial charge in [0.1, 0.15) is 22.9 Å². The molecule has 9 heteroatoms. The first kappa shape index (κ1) is 17.7. The summed E-state index contributed by atoms with van der Waals surface area (Å²) in [6.45, 7) is 3.98. The molecule has 2 atom stereocenters. The highest BCUT2D eigenvalue weighted by Crippen LogP contribution is 2.37. The second kappa shape index (κ2) is 6.91. The van der Waals surface area contributed by atoms with Gasteiger partial charge in [0, 0.05) is 37.9 Å². The molecule has 0 N–H and O–H groups in total. The van der Waals surface area contributed by atoms with Gasteiger partial charge in [-0.1, -0.05) is 6.07 Å². The fourth-order valence-corrected chi connectivity index (χ4v) is 4.30. The Kier molecular flexibility index (Phi) is 4.22. The number of piperidine rings is 1. The minimum Gasteiger partial charge on any atom is -0.350 e. The Morgan fingerprint density at radius 2 is 1.90 bits per heavy atom. The van der Waals surface area contributed by atoms with Gasteiger partial charge >= 0.3 is 0 Å². The Morgan fingerprint density at radius 1 is 1.10 bits per heavy atom. The maximum absolute atomic E-state index is 14.7. The number of aryl methyl sites for hydroxylation is 1. The van der Waals surface area contributed by atoms with E-state index in [2.05, 4.69) is 25.1 Å². The van der Waals surface area contributed by atoms with E-state index in [1.165, 1.54) is 23.3 Å². The van der Waals surface area contributed by atoms with Crippen molar-refractivity contribution in [2.24, 2.45) is 5.92 Å². The third-order valence-electron chi connectivity index (χ3n) is 5.81. The summed E-state index contributed by atoms with van der Waals surface area (Å²) < 4.78 is 14.7. The molecular formula is C20H20FN7O. The minimum atomic E-state index is -0.567. The van der Waals surface area contributed by atoms with Gasteiger partial charge in [0.25, 0.3) is 5.91 Å². The number of likely N-dealkylation sites (tertiary alicyclic amines) is 1. The van der Waals surface area contributed by atoms with Crippen molar-refractivity contribution in [2.75, 3.05) is 24.5 Å². The Morgan fingerprint density at radius 3 is 2.69 bits per heavy atom. The third kappa shape index (κ3) is 2.93. The first-order valence-corrected chi connectivity index (χ1v) is 9.62. The molecule has 148 valence electrons. The summed E-state index contributed by atoms with van der Waals surface area (Å²) in [5, 5.41) is 8.12. The van der Waals surface area contributed by atoms with Crippen LogP contribution in [-0.2, 0) is 0 Å². The van der Waals surface area contributed by atoms with Crippen molar-refractivity contribution < 1.29 is 9.18 Å². The lowest BCUT2D eigenvalue weighted by Crippen LogP contribution is -2.65. The molecule has 4 heterocycles. The molecule has 0 saturated carbocycles. The monoisotopic (exact) mass is 393 g/mol. The molecule has 29 heavy (non-hydrogen) atoms. The summed E-state index contributed by atoms with van der Waals surface area (Å²) in [5.74, 6) is 0.461. The number of amides is 1. The van der Waals surface area contributed by atoms with Crippen LogP contribution in [0.15, 0.2) is 43.0 Å². The molecule has 2 aliphatic rings. The Labute approximate surface area is 167 Å². The molecule has 0 aliphatic carbocycles. The van der Waals surface area contributed by atoms with Crippen molar-refractivity contribution in [3.8, 4) is 5.69 Å². The first-order chi connectivity index (χ1) is 14.1. The molecule has 2 aliphatic heterocycles. The number of aromatic nitrogens is 5. The molecule has 8 nitrogen and oxygen atoms in total. The van der Waals surface area contributed by atoms with Gasteiger partial charge < -0.3 is 9.80 Å². The summed E-state index contributed by atoms with van der Waals surface area (Å²) in [7, 11) is 0. The molecule has 2 saturated heterocycles. The molecule has 1 amide bonds. The summed E-state index contributed by atoms with van der Waals surface area (Å²) in [6, 6.07) is 4.68. The predicted molar refractivity (Wildman–Crippen MR) is 103 cm³/mol. The lowest BCUT2D eigenvalue weighted by molar-refractivity contribution is 0.0586. The van der Waals surface area contributed by atoms with E-state index in [0.29, 0.717) is 24.7 Å². The molecule has 0 unspecified atom stereocenters. The van der Waals surface area contributed by atoms with Crippen molar-refractivity contribution in [3.63, 3.8) is 0 Å². The van der Waals surface area contributed by atoms with E-state index in [9.17, 15) is 9.18 Å². The van der Waals surface area contributed by atoms with E-state index in [0.717, 1.165) is 24.5 Å². The highest BCUT2D eigenvalue weighted by atomic mass is 19.1. The van der Waals surface area contributed by atoms with Gasteiger partial charge in [-0.2, -0.15) is 15.0 Å². The van der Waals surface area contributed by atoms with Crippen LogP contribution < -0.4 is 4.90 Å². The van der Waals surface area contributed by atoms with Crippen molar-refractivity contribution in [3.05, 3.63) is 60.1 Å². The average Bonchev–Trinajstić information content (AvgIpc) is 3.24. The number of fused-ring (bicyclic) bond motifs is 1. The highest BCUT2D eigenvalue weighted by Gasteiger charge is 2.45. The van der Waals surface area contributed by atoms with Gasteiger partial charge in [0.05, 0.1) is 24.1 Å². The van der Waals surface area contributed by atoms with Crippen LogP contribution in [0.5, 0.6) is 0 Å². The number of benzene rings is 1. The molecule has 2 fully saturated rings. The number of hydrogen-bond acceptors (Lipinski definition) is 6. The maximum Gasteiger partial charge on any atom is 0.259 e. The lowest BCUT2D eigenvalue weighted by Gasteiger charge is -2.54. The van der Waals surface area contributed by atoms with Gasteiger partial charge in [-0.25, -0.2) is 9.37 Å². The SMILES string of the molecule is Cc1nccnc1N1C[C@@H]2CCN(C(=O)c3c(F)cccc3-n3nccn3)C[C@@H]21. The van der Waals surface area contributed by atoms with Crippen molar-refractivity contribution >= 4 is 11.7 Å². The van der Waals surface area contributed by atoms with Crippen LogP contribution in [-0.4, -0.2) is 61.4 Å². The second-order valence-electron chi connectivity index (χ2n) is 7.44. The zero-order valence-corrected chi connectivity index (χ0v) is 15.9. The van der Waals surface area contributed by atoms with Crippen LogP contribution in [0.25, 0.3) is 5.69 Å². The Bertz CT molecular complexity index is 1050. The van der Waals surface area contributed by atoms with E-state index in [1.807, 2.05) is 6.92 Å². The van der Waals surface area contributed by atoms with Crippen LogP contribution in [0.3, 0.4) is 0 Å². The minimum absolute atomic E-state index is 0.00343. The Hall–Kier alpha value is -3.36. The summed E-state index contributed by atoms with van der Waals surface area (Å²) in [5.41, 5.74) is 1.22. The van der Waals surface area contributed by atoms with Crippen LogP contribution in [0, 0.1) is 18.7 Å². The fraction of sp³-hybridized carbons (Fsp3) is 0.350. The molecule has 3 aromatic rings. The van der Waals surface area contributed by atoms with E-state index < -0.39 is 5.82 Å². The smallest absolute Gasteiger partial charge is 0.259 e. The molecule has 5 rings (SSSR count). The number of rotatable bonds is 3. The number of carbonyl (C=O) groups excluding carboxylic acids is 1. The number of anilines is 1.